The molecule has 19 heavy (non-hydrogen) atoms. The average molecular weight is 248 g/mol. The summed E-state index contributed by atoms with van der Waals surface area (Å²) in [6, 6.07) is 16.9. The molecule has 0 aromatic heterocycles. The summed E-state index contributed by atoms with van der Waals surface area (Å²) < 4.78 is 0. The first-order valence-electron chi connectivity index (χ1n) is 6.14. The summed E-state index contributed by atoms with van der Waals surface area (Å²) in [6.07, 6.45) is 0. The van der Waals surface area contributed by atoms with E-state index in [1.165, 1.54) is 11.1 Å². The van der Waals surface area contributed by atoms with E-state index in [2.05, 4.69) is 18.2 Å². The van der Waals surface area contributed by atoms with Gasteiger partial charge in [-0.2, -0.15) is 5.26 Å². The van der Waals surface area contributed by atoms with Crippen molar-refractivity contribution in [2.45, 2.75) is 13.1 Å². The van der Waals surface area contributed by atoms with E-state index < -0.39 is 0 Å². The van der Waals surface area contributed by atoms with Crippen molar-refractivity contribution in [2.24, 2.45) is 0 Å². The fourth-order valence-corrected chi connectivity index (χ4v) is 2.35. The van der Waals surface area contributed by atoms with E-state index in [0.29, 0.717) is 24.2 Å². The molecular weight excluding hydrogens is 236 g/mol. The summed E-state index contributed by atoms with van der Waals surface area (Å²) in [6.45, 7) is 1.32. The van der Waals surface area contributed by atoms with Gasteiger partial charge in [0.2, 0.25) is 0 Å². The second kappa shape index (κ2) is 4.58. The van der Waals surface area contributed by atoms with E-state index >= 15 is 0 Å². The molecule has 1 aliphatic rings. The van der Waals surface area contributed by atoms with Crippen LogP contribution < -0.4 is 0 Å². The van der Waals surface area contributed by atoms with Crippen LogP contribution in [0.2, 0.25) is 0 Å². The third-order valence-corrected chi connectivity index (χ3v) is 3.39. The minimum atomic E-state index is 0.0145. The Morgan fingerprint density at radius 1 is 1.00 bits per heavy atom. The molecule has 0 N–H and O–H groups in total. The molecule has 2 aromatic carbocycles. The maximum atomic E-state index is 12.4. The zero-order chi connectivity index (χ0) is 13.2. The number of carbonyl (C=O) groups excluding carboxylic acids is 1. The van der Waals surface area contributed by atoms with Crippen molar-refractivity contribution in [3.8, 4) is 6.07 Å². The molecule has 3 nitrogen and oxygen atoms in total. The molecule has 1 amide bonds. The summed E-state index contributed by atoms with van der Waals surface area (Å²) in [5, 5.41) is 8.75. The van der Waals surface area contributed by atoms with Crippen molar-refractivity contribution in [1.29, 1.82) is 5.26 Å². The topological polar surface area (TPSA) is 44.1 Å². The summed E-state index contributed by atoms with van der Waals surface area (Å²) in [4.78, 5) is 14.2. The van der Waals surface area contributed by atoms with Crippen molar-refractivity contribution in [3.63, 3.8) is 0 Å². The first-order chi connectivity index (χ1) is 9.28. The van der Waals surface area contributed by atoms with Crippen molar-refractivity contribution in [3.05, 3.63) is 70.8 Å². The van der Waals surface area contributed by atoms with Crippen LogP contribution in [0.5, 0.6) is 0 Å². The Morgan fingerprint density at radius 3 is 2.11 bits per heavy atom. The van der Waals surface area contributed by atoms with E-state index in [0.717, 1.165) is 0 Å². The van der Waals surface area contributed by atoms with Crippen molar-refractivity contribution in [1.82, 2.24) is 4.90 Å². The van der Waals surface area contributed by atoms with Crippen molar-refractivity contribution in [2.75, 3.05) is 0 Å². The van der Waals surface area contributed by atoms with Gasteiger partial charge in [-0.05, 0) is 35.4 Å². The van der Waals surface area contributed by atoms with Gasteiger partial charge in [-0.3, -0.25) is 4.79 Å². The maximum Gasteiger partial charge on any atom is 0.254 e. The molecule has 92 valence electrons. The van der Waals surface area contributed by atoms with Crippen molar-refractivity contribution >= 4 is 5.91 Å². The number of benzene rings is 2. The fourth-order valence-electron chi connectivity index (χ4n) is 2.35. The molecular formula is C16H12N2O. The molecule has 0 saturated carbocycles. The highest BCUT2D eigenvalue weighted by Crippen LogP contribution is 2.23. The standard InChI is InChI=1S/C16H12N2O/c17-9-12-5-7-13(8-6-12)16(19)18-10-14-3-1-2-4-15(14)11-18/h1-8H,10-11H2. The molecule has 0 bridgehead atoms. The lowest BCUT2D eigenvalue weighted by atomic mass is 10.1. The molecule has 3 heteroatoms. The maximum absolute atomic E-state index is 12.4. The molecule has 0 unspecified atom stereocenters. The number of nitrogens with zero attached hydrogens (tertiary/aromatic N) is 2. The van der Waals surface area contributed by atoms with Crippen LogP contribution >= 0.6 is 0 Å². The molecule has 1 heterocycles. The average Bonchev–Trinajstić information content (AvgIpc) is 2.90. The van der Waals surface area contributed by atoms with Gasteiger partial charge in [0.05, 0.1) is 11.6 Å². The molecule has 0 radical (unpaired) electrons. The molecule has 0 aliphatic carbocycles. The monoisotopic (exact) mass is 248 g/mol. The Bertz CT molecular complexity index is 643. The number of nitriles is 1. The molecule has 0 spiro atoms. The lowest BCUT2D eigenvalue weighted by Crippen LogP contribution is -2.25. The van der Waals surface area contributed by atoms with Crippen molar-refractivity contribution < 1.29 is 4.79 Å². The van der Waals surface area contributed by atoms with Gasteiger partial charge in [0, 0.05) is 18.7 Å². The predicted molar refractivity (Wildman–Crippen MR) is 71.2 cm³/mol. The third-order valence-electron chi connectivity index (χ3n) is 3.39. The predicted octanol–water partition coefficient (Wildman–Crippen LogP) is 2.71. The Hall–Kier alpha value is -2.60. The largest absolute Gasteiger partial charge is 0.330 e. The van der Waals surface area contributed by atoms with Gasteiger partial charge >= 0.3 is 0 Å². The minimum absolute atomic E-state index is 0.0145. The molecule has 1 aliphatic heterocycles. The first kappa shape index (κ1) is 11.5. The Balaban J connectivity index is 1.81. The van der Waals surface area contributed by atoms with Crippen LogP contribution in [0.1, 0.15) is 27.0 Å². The first-order valence-corrected chi connectivity index (χ1v) is 6.14. The van der Waals surface area contributed by atoms with Crippen LogP contribution in [-0.2, 0) is 13.1 Å². The second-order valence-electron chi connectivity index (χ2n) is 4.62. The lowest BCUT2D eigenvalue weighted by Gasteiger charge is -2.15. The Kier molecular flexibility index (Phi) is 2.77. The molecule has 0 fully saturated rings. The van der Waals surface area contributed by atoms with E-state index in [9.17, 15) is 4.79 Å². The van der Waals surface area contributed by atoms with Crippen LogP contribution in [0.15, 0.2) is 48.5 Å². The lowest BCUT2D eigenvalue weighted by molar-refractivity contribution is 0.0751. The fraction of sp³-hybridized carbons (Fsp3) is 0.125. The van der Waals surface area contributed by atoms with Crippen LogP contribution in [0.4, 0.5) is 0 Å². The number of fused-ring (bicyclic) bond motifs is 1. The summed E-state index contributed by atoms with van der Waals surface area (Å²) in [7, 11) is 0. The van der Waals surface area contributed by atoms with Gasteiger partial charge < -0.3 is 4.90 Å². The number of hydrogen-bond acceptors (Lipinski definition) is 2. The summed E-state index contributed by atoms with van der Waals surface area (Å²) in [5.74, 6) is 0.0145. The number of rotatable bonds is 1. The van der Waals surface area contributed by atoms with Gasteiger partial charge in [-0.15, -0.1) is 0 Å². The van der Waals surface area contributed by atoms with Crippen LogP contribution in [-0.4, -0.2) is 10.8 Å². The van der Waals surface area contributed by atoms with Gasteiger partial charge in [0.15, 0.2) is 0 Å². The normalized spacial score (nSPS) is 12.9. The van der Waals surface area contributed by atoms with E-state index in [4.69, 9.17) is 5.26 Å². The Labute approximate surface area is 111 Å². The third kappa shape index (κ3) is 2.09. The van der Waals surface area contributed by atoms with E-state index in [-0.39, 0.29) is 5.91 Å². The van der Waals surface area contributed by atoms with E-state index in [1.54, 1.807) is 24.3 Å². The highest BCUT2D eigenvalue weighted by molar-refractivity contribution is 5.94. The zero-order valence-electron chi connectivity index (χ0n) is 10.3. The van der Waals surface area contributed by atoms with Crippen LogP contribution in [0.3, 0.4) is 0 Å². The number of amides is 1. The number of hydrogen-bond donors (Lipinski definition) is 0. The van der Waals surface area contributed by atoms with Gasteiger partial charge in [-0.1, -0.05) is 24.3 Å². The summed E-state index contributed by atoms with van der Waals surface area (Å²) in [5.41, 5.74) is 3.63. The molecule has 0 saturated heterocycles. The molecule has 0 atom stereocenters. The number of carbonyl (C=O) groups is 1. The second-order valence-corrected chi connectivity index (χ2v) is 4.62. The van der Waals surface area contributed by atoms with Gasteiger partial charge in [0.25, 0.3) is 5.91 Å². The highest BCUT2D eigenvalue weighted by Gasteiger charge is 2.23. The quantitative estimate of drug-likeness (QED) is 0.778. The van der Waals surface area contributed by atoms with Crippen LogP contribution in [0, 0.1) is 11.3 Å². The van der Waals surface area contributed by atoms with Gasteiger partial charge in [-0.25, -0.2) is 0 Å². The summed E-state index contributed by atoms with van der Waals surface area (Å²) >= 11 is 0. The molecule has 2 aromatic rings. The van der Waals surface area contributed by atoms with Gasteiger partial charge in [0.1, 0.15) is 0 Å². The zero-order valence-corrected chi connectivity index (χ0v) is 10.3. The SMILES string of the molecule is N#Cc1ccc(C(=O)N2Cc3ccccc3C2)cc1. The molecule has 3 rings (SSSR count). The van der Waals surface area contributed by atoms with Crippen LogP contribution in [0.25, 0.3) is 0 Å². The minimum Gasteiger partial charge on any atom is -0.330 e. The highest BCUT2D eigenvalue weighted by atomic mass is 16.2. The Morgan fingerprint density at radius 2 is 1.58 bits per heavy atom. The smallest absolute Gasteiger partial charge is 0.254 e. The van der Waals surface area contributed by atoms with E-state index in [1.807, 2.05) is 17.0 Å².